The summed E-state index contributed by atoms with van der Waals surface area (Å²) in [5.74, 6) is 0.639. The third kappa shape index (κ3) is 3.22. The minimum Gasteiger partial charge on any atom is -0.477 e. The number of aromatic nitrogens is 2. The molecule has 0 saturated carbocycles. The predicted molar refractivity (Wildman–Crippen MR) is 109 cm³/mol. The van der Waals surface area contributed by atoms with Crippen molar-refractivity contribution in [2.75, 3.05) is 11.9 Å². The Kier molecular flexibility index (Phi) is 4.40. The van der Waals surface area contributed by atoms with Gasteiger partial charge in [0.25, 0.3) is 0 Å². The summed E-state index contributed by atoms with van der Waals surface area (Å²) < 4.78 is 24.2. The van der Waals surface area contributed by atoms with E-state index in [4.69, 9.17) is 9.88 Å². The van der Waals surface area contributed by atoms with Crippen molar-refractivity contribution in [1.82, 2.24) is 9.78 Å². The SMILES string of the molecule is C[C@@H]1COc2c(S(N)(=O)=NC(=O)Nc3c4c(cc5c3CCC5)CCC4)cnn2C1. The van der Waals surface area contributed by atoms with Crippen LogP contribution in [0.25, 0.3) is 0 Å². The van der Waals surface area contributed by atoms with Crippen molar-refractivity contribution in [2.45, 2.75) is 56.9 Å². The zero-order valence-electron chi connectivity index (χ0n) is 16.4. The molecule has 2 aromatic rings. The maximum absolute atomic E-state index is 13.1. The summed E-state index contributed by atoms with van der Waals surface area (Å²) in [7, 11) is -3.47. The van der Waals surface area contributed by atoms with E-state index in [2.05, 4.69) is 20.8 Å². The molecule has 8 nitrogen and oxygen atoms in total. The molecule has 1 unspecified atom stereocenters. The Hall–Kier alpha value is -2.39. The van der Waals surface area contributed by atoms with Gasteiger partial charge >= 0.3 is 6.03 Å². The molecule has 5 rings (SSSR count). The van der Waals surface area contributed by atoms with Crippen LogP contribution < -0.4 is 15.2 Å². The monoisotopic (exact) mass is 415 g/mol. The van der Waals surface area contributed by atoms with E-state index in [1.807, 2.05) is 6.92 Å². The zero-order chi connectivity index (χ0) is 20.2. The molecule has 2 atom stereocenters. The normalized spacial score (nSPS) is 21.5. The summed E-state index contributed by atoms with van der Waals surface area (Å²) in [6.07, 6.45) is 7.53. The second-order valence-corrected chi connectivity index (χ2v) is 10.00. The quantitative estimate of drug-likeness (QED) is 0.785. The van der Waals surface area contributed by atoms with E-state index >= 15 is 0 Å². The molecule has 1 aromatic carbocycles. The van der Waals surface area contributed by atoms with Gasteiger partial charge in [-0.05, 0) is 60.8 Å². The Labute approximate surface area is 170 Å². The first-order valence-electron chi connectivity index (χ1n) is 10.1. The van der Waals surface area contributed by atoms with Crippen LogP contribution in [0.2, 0.25) is 0 Å². The van der Waals surface area contributed by atoms with Gasteiger partial charge in [-0.1, -0.05) is 13.0 Å². The van der Waals surface area contributed by atoms with Crippen LogP contribution in [0.5, 0.6) is 5.88 Å². The minimum atomic E-state index is -3.47. The van der Waals surface area contributed by atoms with Crippen LogP contribution >= 0.6 is 0 Å². The molecular formula is C20H25N5O3S. The van der Waals surface area contributed by atoms with Gasteiger partial charge in [0.1, 0.15) is 4.90 Å². The van der Waals surface area contributed by atoms with Crippen LogP contribution in [0.1, 0.15) is 42.0 Å². The Balaban J connectivity index is 1.47. The van der Waals surface area contributed by atoms with Crippen molar-refractivity contribution >= 4 is 21.6 Å². The van der Waals surface area contributed by atoms with Crippen molar-refractivity contribution < 1.29 is 13.7 Å². The molecule has 0 saturated heterocycles. The van der Waals surface area contributed by atoms with Gasteiger partial charge in [0.2, 0.25) is 5.88 Å². The first-order chi connectivity index (χ1) is 13.9. The van der Waals surface area contributed by atoms with E-state index in [9.17, 15) is 9.00 Å². The number of rotatable bonds is 2. The second-order valence-electron chi connectivity index (χ2n) is 8.24. The number of benzene rings is 1. The number of nitrogens with zero attached hydrogens (tertiary/aromatic N) is 3. The van der Waals surface area contributed by atoms with Gasteiger partial charge < -0.3 is 10.1 Å². The maximum Gasteiger partial charge on any atom is 0.354 e. The highest BCUT2D eigenvalue weighted by atomic mass is 32.2. The molecule has 0 bridgehead atoms. The van der Waals surface area contributed by atoms with Gasteiger partial charge in [-0.2, -0.15) is 5.10 Å². The van der Waals surface area contributed by atoms with Crippen LogP contribution in [0, 0.1) is 5.92 Å². The second kappa shape index (κ2) is 6.84. The van der Waals surface area contributed by atoms with Crippen LogP contribution in [0.4, 0.5) is 10.5 Å². The van der Waals surface area contributed by atoms with Crippen LogP contribution in [-0.4, -0.2) is 26.6 Å². The number of carbonyl (C=O) groups excluding carboxylic acids is 1. The number of nitrogens with one attached hydrogen (secondary N) is 1. The van der Waals surface area contributed by atoms with Gasteiger partial charge in [-0.3, -0.25) is 0 Å². The van der Waals surface area contributed by atoms with E-state index in [1.54, 1.807) is 4.68 Å². The molecule has 0 radical (unpaired) electrons. The molecule has 2 heterocycles. The summed E-state index contributed by atoms with van der Waals surface area (Å²) in [6.45, 7) is 3.18. The zero-order valence-corrected chi connectivity index (χ0v) is 17.3. The number of amides is 2. The van der Waals surface area contributed by atoms with Gasteiger partial charge in [-0.25, -0.2) is 18.8 Å². The number of ether oxygens (including phenoxy) is 1. The highest BCUT2D eigenvalue weighted by Crippen LogP contribution is 2.38. The first-order valence-corrected chi connectivity index (χ1v) is 11.7. The standard InChI is InChI=1S/C20H25N5O3S/c1-12-10-25-19(28-11-12)17(9-22-25)29(21,27)24-20(26)23-18-15-6-2-4-13(15)8-14-5-3-7-16(14)18/h8-9,12H,2-7,10-11H2,1H3,(H3,21,23,24,26,27)/t12-,29?/m0/s1. The van der Waals surface area contributed by atoms with Crippen LogP contribution in [-0.2, 0) is 42.1 Å². The molecule has 1 aliphatic heterocycles. The summed E-state index contributed by atoms with van der Waals surface area (Å²) in [4.78, 5) is 12.9. The fourth-order valence-corrected chi connectivity index (χ4v) is 5.67. The fraction of sp³-hybridized carbons (Fsp3) is 0.500. The van der Waals surface area contributed by atoms with E-state index in [1.165, 1.54) is 28.5 Å². The average molecular weight is 416 g/mol. The molecule has 9 heteroatoms. The van der Waals surface area contributed by atoms with Gasteiger partial charge in [0.05, 0.1) is 19.3 Å². The maximum atomic E-state index is 13.1. The molecule has 3 aliphatic rings. The molecule has 154 valence electrons. The third-order valence-corrected chi connectivity index (χ3v) is 7.33. The van der Waals surface area contributed by atoms with Gasteiger partial charge in [0.15, 0.2) is 9.92 Å². The molecule has 0 spiro atoms. The van der Waals surface area contributed by atoms with Crippen LogP contribution in [0.3, 0.4) is 0 Å². The molecule has 1 aromatic heterocycles. The van der Waals surface area contributed by atoms with E-state index in [-0.39, 0.29) is 4.90 Å². The lowest BCUT2D eigenvalue weighted by atomic mass is 9.99. The molecule has 0 fully saturated rings. The summed E-state index contributed by atoms with van der Waals surface area (Å²) in [6, 6.07) is 1.61. The van der Waals surface area contributed by atoms with Gasteiger partial charge in [-0.15, -0.1) is 4.36 Å². The lowest BCUT2D eigenvalue weighted by Crippen LogP contribution is -2.25. The number of nitrogens with two attached hydrogens (primary N) is 1. The number of hydrogen-bond acceptors (Lipinski definition) is 4. The smallest absolute Gasteiger partial charge is 0.354 e. The number of fused-ring (bicyclic) bond motifs is 3. The number of hydrogen-bond donors (Lipinski definition) is 2. The van der Waals surface area contributed by atoms with Crippen molar-refractivity contribution in [3.05, 3.63) is 34.5 Å². The molecule has 29 heavy (non-hydrogen) atoms. The highest BCUT2D eigenvalue weighted by Gasteiger charge is 2.28. The Morgan fingerprint density at radius 1 is 1.28 bits per heavy atom. The van der Waals surface area contributed by atoms with Crippen molar-refractivity contribution in [3.63, 3.8) is 0 Å². The van der Waals surface area contributed by atoms with Crippen molar-refractivity contribution in [2.24, 2.45) is 15.4 Å². The Bertz CT molecular complexity index is 1100. The van der Waals surface area contributed by atoms with Crippen LogP contribution in [0.15, 0.2) is 21.5 Å². The van der Waals surface area contributed by atoms with Crippen molar-refractivity contribution in [1.29, 1.82) is 0 Å². The lowest BCUT2D eigenvalue weighted by Gasteiger charge is -2.21. The fourth-order valence-electron chi connectivity index (χ4n) is 4.67. The summed E-state index contributed by atoms with van der Waals surface area (Å²) in [5, 5.41) is 13.1. The van der Waals surface area contributed by atoms with E-state index in [0.29, 0.717) is 24.9 Å². The van der Waals surface area contributed by atoms with Gasteiger partial charge in [0, 0.05) is 11.6 Å². The molecule has 2 aliphatic carbocycles. The first kappa shape index (κ1) is 18.6. The third-order valence-electron chi connectivity index (χ3n) is 5.99. The lowest BCUT2D eigenvalue weighted by molar-refractivity contribution is 0.171. The predicted octanol–water partition coefficient (Wildman–Crippen LogP) is 2.82. The largest absolute Gasteiger partial charge is 0.477 e. The molecule has 2 amide bonds. The number of anilines is 1. The average Bonchev–Trinajstić information content (AvgIpc) is 3.39. The molecule has 3 N–H and O–H groups in total. The number of urea groups is 1. The number of carbonyl (C=O) groups is 1. The summed E-state index contributed by atoms with van der Waals surface area (Å²) in [5.41, 5.74) is 5.86. The van der Waals surface area contributed by atoms with E-state index < -0.39 is 15.9 Å². The summed E-state index contributed by atoms with van der Waals surface area (Å²) >= 11 is 0. The highest BCUT2D eigenvalue weighted by molar-refractivity contribution is 7.91. The van der Waals surface area contributed by atoms with E-state index in [0.717, 1.165) is 44.2 Å². The Morgan fingerprint density at radius 3 is 2.66 bits per heavy atom. The number of aryl methyl sites for hydroxylation is 2. The minimum absolute atomic E-state index is 0.170. The molecular weight excluding hydrogens is 390 g/mol. The van der Waals surface area contributed by atoms with Crippen molar-refractivity contribution in [3.8, 4) is 5.88 Å². The Morgan fingerprint density at radius 2 is 1.97 bits per heavy atom. The topological polar surface area (TPSA) is 112 Å².